The Labute approximate surface area is 133 Å². The van der Waals surface area contributed by atoms with Crippen LogP contribution in [-0.4, -0.2) is 33.2 Å². The van der Waals surface area contributed by atoms with Crippen molar-refractivity contribution >= 4 is 21.6 Å². The molecule has 6 heteroatoms. The quantitative estimate of drug-likeness (QED) is 0.798. The maximum atomic E-state index is 11.9. The summed E-state index contributed by atoms with van der Waals surface area (Å²) in [4.78, 5) is 13.6. The van der Waals surface area contributed by atoms with Crippen LogP contribution in [0.4, 0.5) is 5.69 Å². The fraction of sp³-hybridized carbons (Fsp3) is 0.562. The maximum Gasteiger partial charge on any atom is 0.223 e. The minimum Gasteiger partial charge on any atom is -0.311 e. The molecule has 0 aliphatic rings. The molecular weight excluding hydrogens is 300 g/mol. The number of anilines is 1. The first kappa shape index (κ1) is 18.6. The van der Waals surface area contributed by atoms with Crippen LogP contribution in [0.25, 0.3) is 0 Å². The lowest BCUT2D eigenvalue weighted by molar-refractivity contribution is -0.116. The van der Waals surface area contributed by atoms with E-state index in [-0.39, 0.29) is 24.1 Å². The van der Waals surface area contributed by atoms with Crippen LogP contribution < -0.4 is 9.62 Å². The third-order valence-electron chi connectivity index (χ3n) is 3.36. The van der Waals surface area contributed by atoms with Crippen molar-refractivity contribution in [2.75, 3.05) is 23.7 Å². The van der Waals surface area contributed by atoms with E-state index in [0.717, 1.165) is 11.3 Å². The molecule has 0 spiro atoms. The van der Waals surface area contributed by atoms with Gasteiger partial charge in [0, 0.05) is 25.7 Å². The van der Waals surface area contributed by atoms with Gasteiger partial charge in [0.2, 0.25) is 15.9 Å². The molecule has 22 heavy (non-hydrogen) atoms. The minimum absolute atomic E-state index is 0.0946. The molecule has 0 radical (unpaired) electrons. The Kier molecular flexibility index (Phi) is 7.03. The smallest absolute Gasteiger partial charge is 0.223 e. The van der Waals surface area contributed by atoms with Gasteiger partial charge in [-0.05, 0) is 24.0 Å². The summed E-state index contributed by atoms with van der Waals surface area (Å²) in [5.41, 5.74) is 1.92. The van der Waals surface area contributed by atoms with Gasteiger partial charge in [0.25, 0.3) is 0 Å². The Morgan fingerprint density at radius 3 is 2.45 bits per heavy atom. The van der Waals surface area contributed by atoms with E-state index in [4.69, 9.17) is 0 Å². The molecule has 1 N–H and O–H groups in total. The number of rotatable bonds is 8. The van der Waals surface area contributed by atoms with Crippen LogP contribution in [-0.2, 0) is 14.8 Å². The van der Waals surface area contributed by atoms with Crippen molar-refractivity contribution in [1.82, 2.24) is 4.72 Å². The van der Waals surface area contributed by atoms with E-state index in [9.17, 15) is 13.2 Å². The molecular formula is C16H26N2O3S. The number of carbonyl (C=O) groups is 1. The van der Waals surface area contributed by atoms with E-state index in [1.54, 1.807) is 4.90 Å². The Morgan fingerprint density at radius 1 is 1.27 bits per heavy atom. The number of amides is 1. The number of nitrogens with zero attached hydrogens (tertiary/aromatic N) is 1. The molecule has 0 heterocycles. The van der Waals surface area contributed by atoms with Gasteiger partial charge in [-0.25, -0.2) is 13.1 Å². The highest BCUT2D eigenvalue weighted by Gasteiger charge is 2.17. The number of hydrogen-bond acceptors (Lipinski definition) is 3. The zero-order chi connectivity index (χ0) is 16.8. The first-order valence-corrected chi connectivity index (χ1v) is 9.28. The van der Waals surface area contributed by atoms with Crippen LogP contribution in [0.3, 0.4) is 0 Å². The second-order valence-corrected chi connectivity index (χ2v) is 7.52. The predicted molar refractivity (Wildman–Crippen MR) is 90.6 cm³/mol. The number of benzene rings is 1. The van der Waals surface area contributed by atoms with Gasteiger partial charge in [-0.1, -0.05) is 39.0 Å². The second-order valence-electron chi connectivity index (χ2n) is 5.60. The molecule has 124 valence electrons. The molecule has 0 fully saturated rings. The molecule has 0 saturated carbocycles. The van der Waals surface area contributed by atoms with Gasteiger partial charge in [0.15, 0.2) is 0 Å². The van der Waals surface area contributed by atoms with Crippen LogP contribution in [0.1, 0.15) is 45.6 Å². The fourth-order valence-corrected chi connectivity index (χ4v) is 3.41. The van der Waals surface area contributed by atoms with Crippen molar-refractivity contribution in [2.45, 2.75) is 40.0 Å². The Balaban J connectivity index is 2.86. The molecule has 0 aromatic heterocycles. The van der Waals surface area contributed by atoms with Crippen molar-refractivity contribution in [2.24, 2.45) is 0 Å². The third kappa shape index (κ3) is 5.42. The lowest BCUT2D eigenvalue weighted by atomic mass is 10.0. The van der Waals surface area contributed by atoms with E-state index in [0.29, 0.717) is 13.0 Å². The number of carbonyl (C=O) groups excluding carboxylic acids is 1. The van der Waals surface area contributed by atoms with Crippen molar-refractivity contribution in [3.8, 4) is 0 Å². The van der Waals surface area contributed by atoms with Crippen LogP contribution in [0, 0.1) is 0 Å². The van der Waals surface area contributed by atoms with Crippen LogP contribution in [0.2, 0.25) is 0 Å². The summed E-state index contributed by atoms with van der Waals surface area (Å²) in [5.74, 6) is 0.299. The van der Waals surface area contributed by atoms with Gasteiger partial charge in [-0.3, -0.25) is 4.79 Å². The summed E-state index contributed by atoms with van der Waals surface area (Å²) in [7, 11) is -3.25. The van der Waals surface area contributed by atoms with E-state index < -0.39 is 10.0 Å². The van der Waals surface area contributed by atoms with Gasteiger partial charge >= 0.3 is 0 Å². The molecule has 0 unspecified atom stereocenters. The van der Waals surface area contributed by atoms with Crippen LogP contribution in [0.15, 0.2) is 24.3 Å². The molecule has 1 aromatic carbocycles. The van der Waals surface area contributed by atoms with Crippen molar-refractivity contribution in [3.05, 3.63) is 29.8 Å². The molecule has 0 aliphatic carbocycles. The molecule has 1 aromatic rings. The molecule has 0 aliphatic heterocycles. The molecule has 0 bridgehead atoms. The Morgan fingerprint density at radius 2 is 1.91 bits per heavy atom. The van der Waals surface area contributed by atoms with Crippen molar-refractivity contribution in [1.29, 1.82) is 0 Å². The lowest BCUT2D eigenvalue weighted by Crippen LogP contribution is -2.38. The van der Waals surface area contributed by atoms with Gasteiger partial charge in [-0.2, -0.15) is 0 Å². The summed E-state index contributed by atoms with van der Waals surface area (Å²) in [6, 6.07) is 7.73. The Hall–Kier alpha value is -1.40. The third-order valence-corrected chi connectivity index (χ3v) is 4.95. The number of para-hydroxylation sites is 1. The van der Waals surface area contributed by atoms with E-state index >= 15 is 0 Å². The Bertz CT molecular complexity index is 597. The molecule has 1 amide bonds. The minimum atomic E-state index is -3.25. The first-order valence-electron chi connectivity index (χ1n) is 7.63. The van der Waals surface area contributed by atoms with E-state index in [2.05, 4.69) is 18.6 Å². The highest BCUT2D eigenvalue weighted by molar-refractivity contribution is 7.89. The number of nitrogens with one attached hydrogen (secondary N) is 1. The summed E-state index contributed by atoms with van der Waals surface area (Å²) in [5, 5.41) is 0. The van der Waals surface area contributed by atoms with Crippen molar-refractivity contribution < 1.29 is 13.2 Å². The number of sulfonamides is 1. The summed E-state index contributed by atoms with van der Waals surface area (Å²) < 4.78 is 25.9. The SMILES string of the molecule is CCCS(=O)(=O)NCCN(C(C)=O)c1ccccc1C(C)C. The lowest BCUT2D eigenvalue weighted by Gasteiger charge is -2.25. The number of hydrogen-bond donors (Lipinski definition) is 1. The average molecular weight is 326 g/mol. The van der Waals surface area contributed by atoms with Gasteiger partial charge < -0.3 is 4.90 Å². The predicted octanol–water partition coefficient (Wildman–Crippen LogP) is 2.49. The highest BCUT2D eigenvalue weighted by Crippen LogP contribution is 2.27. The zero-order valence-electron chi connectivity index (χ0n) is 13.8. The zero-order valence-corrected chi connectivity index (χ0v) is 14.6. The molecule has 0 saturated heterocycles. The monoisotopic (exact) mass is 326 g/mol. The molecule has 1 rings (SSSR count). The molecule has 5 nitrogen and oxygen atoms in total. The van der Waals surface area contributed by atoms with Crippen LogP contribution in [0.5, 0.6) is 0 Å². The summed E-state index contributed by atoms with van der Waals surface area (Å²) >= 11 is 0. The second kappa shape index (κ2) is 8.29. The van der Waals surface area contributed by atoms with E-state index in [1.165, 1.54) is 6.92 Å². The summed E-state index contributed by atoms with van der Waals surface area (Å²) in [6.45, 7) is 8.00. The van der Waals surface area contributed by atoms with Crippen molar-refractivity contribution in [3.63, 3.8) is 0 Å². The van der Waals surface area contributed by atoms with Crippen LogP contribution >= 0.6 is 0 Å². The first-order chi connectivity index (χ1) is 10.3. The topological polar surface area (TPSA) is 66.5 Å². The highest BCUT2D eigenvalue weighted by atomic mass is 32.2. The fourth-order valence-electron chi connectivity index (χ4n) is 2.32. The van der Waals surface area contributed by atoms with E-state index in [1.807, 2.05) is 31.2 Å². The van der Waals surface area contributed by atoms with Gasteiger partial charge in [-0.15, -0.1) is 0 Å². The summed E-state index contributed by atoms with van der Waals surface area (Å²) in [6.07, 6.45) is 0.571. The van der Waals surface area contributed by atoms with Gasteiger partial charge in [0.05, 0.1) is 5.75 Å². The normalized spacial score (nSPS) is 11.7. The molecule has 0 atom stereocenters. The average Bonchev–Trinajstić information content (AvgIpc) is 2.43. The maximum absolute atomic E-state index is 11.9. The van der Waals surface area contributed by atoms with Gasteiger partial charge in [0.1, 0.15) is 0 Å². The standard InChI is InChI=1S/C16H26N2O3S/c1-5-12-22(20,21)17-10-11-18(14(4)19)16-9-7-6-8-15(16)13(2)3/h6-9,13,17H,5,10-12H2,1-4H3. The largest absolute Gasteiger partial charge is 0.311 e.